The molecule has 0 aliphatic carbocycles. The zero-order valence-corrected chi connectivity index (χ0v) is 12.2. The number of rotatable bonds is 3. The van der Waals surface area contributed by atoms with Crippen molar-refractivity contribution in [1.82, 2.24) is 4.90 Å². The van der Waals surface area contributed by atoms with Crippen LogP contribution >= 0.6 is 0 Å². The van der Waals surface area contributed by atoms with Gasteiger partial charge in [-0.25, -0.2) is 0 Å². The second kappa shape index (κ2) is 6.07. The monoisotopic (exact) mass is 275 g/mol. The average Bonchev–Trinajstić information content (AvgIpc) is 2.87. The normalized spacial score (nSPS) is 23.4. The van der Waals surface area contributed by atoms with Gasteiger partial charge in [0.2, 0.25) is 5.91 Å². The van der Waals surface area contributed by atoms with Gasteiger partial charge in [-0.2, -0.15) is 0 Å². The first-order valence-electron chi connectivity index (χ1n) is 6.96. The number of esters is 1. The quantitative estimate of drug-likeness (QED) is 0.793. The van der Waals surface area contributed by atoms with E-state index in [4.69, 9.17) is 4.74 Å². The SMILES string of the molecule is COC(=O)C1CN(C(=O)C(C)c2ccccc2)CC1C. The number of ether oxygens (including phenoxy) is 1. The predicted molar refractivity (Wildman–Crippen MR) is 76.1 cm³/mol. The van der Waals surface area contributed by atoms with Gasteiger partial charge in [0.05, 0.1) is 18.9 Å². The van der Waals surface area contributed by atoms with Crippen LogP contribution in [-0.4, -0.2) is 37.0 Å². The van der Waals surface area contributed by atoms with Crippen LogP contribution < -0.4 is 0 Å². The Labute approximate surface area is 119 Å². The number of hydrogen-bond acceptors (Lipinski definition) is 3. The van der Waals surface area contributed by atoms with E-state index in [1.165, 1.54) is 7.11 Å². The summed E-state index contributed by atoms with van der Waals surface area (Å²) >= 11 is 0. The number of amides is 1. The van der Waals surface area contributed by atoms with Gasteiger partial charge in [-0.15, -0.1) is 0 Å². The Morgan fingerprint density at radius 1 is 1.25 bits per heavy atom. The standard InChI is InChI=1S/C16H21NO3/c1-11-9-17(10-14(11)16(19)20-3)15(18)12(2)13-7-5-4-6-8-13/h4-8,11-12,14H,9-10H2,1-3H3. The second-order valence-electron chi connectivity index (χ2n) is 5.48. The van der Waals surface area contributed by atoms with Crippen molar-refractivity contribution in [3.05, 3.63) is 35.9 Å². The first-order chi connectivity index (χ1) is 9.54. The van der Waals surface area contributed by atoms with Crippen molar-refractivity contribution < 1.29 is 14.3 Å². The van der Waals surface area contributed by atoms with Crippen LogP contribution in [0, 0.1) is 11.8 Å². The number of methoxy groups -OCH3 is 1. The summed E-state index contributed by atoms with van der Waals surface area (Å²) in [6.07, 6.45) is 0. The van der Waals surface area contributed by atoms with Crippen molar-refractivity contribution in [1.29, 1.82) is 0 Å². The molecular weight excluding hydrogens is 254 g/mol. The van der Waals surface area contributed by atoms with Gasteiger partial charge in [0.25, 0.3) is 0 Å². The minimum absolute atomic E-state index is 0.0782. The Morgan fingerprint density at radius 3 is 2.50 bits per heavy atom. The topological polar surface area (TPSA) is 46.6 Å². The van der Waals surface area contributed by atoms with Crippen molar-refractivity contribution in [2.24, 2.45) is 11.8 Å². The van der Waals surface area contributed by atoms with Crippen LogP contribution in [0.4, 0.5) is 0 Å². The molecule has 1 saturated heterocycles. The van der Waals surface area contributed by atoms with Gasteiger partial charge in [-0.1, -0.05) is 37.3 Å². The highest BCUT2D eigenvalue weighted by Crippen LogP contribution is 2.27. The Bertz CT molecular complexity index is 486. The number of carbonyl (C=O) groups excluding carboxylic acids is 2. The van der Waals surface area contributed by atoms with E-state index in [9.17, 15) is 9.59 Å². The van der Waals surface area contributed by atoms with E-state index in [2.05, 4.69) is 0 Å². The number of nitrogens with zero attached hydrogens (tertiary/aromatic N) is 1. The molecule has 3 unspecified atom stereocenters. The van der Waals surface area contributed by atoms with Gasteiger partial charge in [0, 0.05) is 13.1 Å². The van der Waals surface area contributed by atoms with Crippen LogP contribution in [0.25, 0.3) is 0 Å². The zero-order chi connectivity index (χ0) is 14.7. The molecule has 1 aromatic rings. The Kier molecular flexibility index (Phi) is 4.42. The van der Waals surface area contributed by atoms with Crippen LogP contribution in [0.5, 0.6) is 0 Å². The highest BCUT2D eigenvalue weighted by atomic mass is 16.5. The Balaban J connectivity index is 2.06. The lowest BCUT2D eigenvalue weighted by Gasteiger charge is -2.21. The first kappa shape index (κ1) is 14.6. The lowest BCUT2D eigenvalue weighted by molar-refractivity contribution is -0.146. The fourth-order valence-corrected chi connectivity index (χ4v) is 2.76. The summed E-state index contributed by atoms with van der Waals surface area (Å²) in [6, 6.07) is 9.72. The smallest absolute Gasteiger partial charge is 0.310 e. The number of benzene rings is 1. The van der Waals surface area contributed by atoms with E-state index in [1.807, 2.05) is 44.2 Å². The summed E-state index contributed by atoms with van der Waals surface area (Å²) < 4.78 is 4.80. The summed E-state index contributed by atoms with van der Waals surface area (Å²) in [5, 5.41) is 0. The number of hydrogen-bond donors (Lipinski definition) is 0. The molecule has 3 atom stereocenters. The van der Waals surface area contributed by atoms with Gasteiger partial charge in [-0.3, -0.25) is 9.59 Å². The fraction of sp³-hybridized carbons (Fsp3) is 0.500. The van der Waals surface area contributed by atoms with Crippen molar-refractivity contribution in [3.63, 3.8) is 0 Å². The lowest BCUT2D eigenvalue weighted by Crippen LogP contribution is -2.33. The van der Waals surface area contributed by atoms with Crippen molar-refractivity contribution in [2.45, 2.75) is 19.8 Å². The van der Waals surface area contributed by atoms with E-state index in [0.29, 0.717) is 13.1 Å². The van der Waals surface area contributed by atoms with Gasteiger partial charge in [-0.05, 0) is 18.4 Å². The third kappa shape index (κ3) is 2.84. The van der Waals surface area contributed by atoms with E-state index in [-0.39, 0.29) is 29.6 Å². The molecule has 20 heavy (non-hydrogen) atoms. The summed E-state index contributed by atoms with van der Waals surface area (Å²) in [7, 11) is 1.39. The van der Waals surface area contributed by atoms with E-state index >= 15 is 0 Å². The molecule has 0 spiro atoms. The maximum Gasteiger partial charge on any atom is 0.310 e. The molecule has 108 valence electrons. The van der Waals surface area contributed by atoms with Crippen LogP contribution in [0.15, 0.2) is 30.3 Å². The Morgan fingerprint density at radius 2 is 1.90 bits per heavy atom. The molecule has 1 aliphatic rings. The molecular formula is C16H21NO3. The van der Waals surface area contributed by atoms with Gasteiger partial charge >= 0.3 is 5.97 Å². The van der Waals surface area contributed by atoms with Crippen LogP contribution in [0.3, 0.4) is 0 Å². The molecule has 1 amide bonds. The van der Waals surface area contributed by atoms with Gasteiger partial charge in [0.15, 0.2) is 0 Å². The molecule has 1 fully saturated rings. The van der Waals surface area contributed by atoms with E-state index in [1.54, 1.807) is 4.90 Å². The minimum atomic E-state index is -0.222. The second-order valence-corrected chi connectivity index (χ2v) is 5.48. The molecule has 1 heterocycles. The maximum absolute atomic E-state index is 12.5. The predicted octanol–water partition coefficient (Wildman–Crippen LogP) is 2.06. The Hall–Kier alpha value is -1.84. The third-order valence-corrected chi connectivity index (χ3v) is 4.10. The van der Waals surface area contributed by atoms with Crippen molar-refractivity contribution in [2.75, 3.05) is 20.2 Å². The van der Waals surface area contributed by atoms with E-state index < -0.39 is 0 Å². The highest BCUT2D eigenvalue weighted by Gasteiger charge is 2.38. The molecule has 0 aromatic heterocycles. The minimum Gasteiger partial charge on any atom is -0.469 e. The van der Waals surface area contributed by atoms with Crippen LogP contribution in [0.2, 0.25) is 0 Å². The molecule has 1 aliphatic heterocycles. The number of likely N-dealkylation sites (tertiary alicyclic amines) is 1. The average molecular weight is 275 g/mol. The molecule has 0 radical (unpaired) electrons. The number of carbonyl (C=O) groups is 2. The van der Waals surface area contributed by atoms with Crippen LogP contribution in [0.1, 0.15) is 25.3 Å². The zero-order valence-electron chi connectivity index (χ0n) is 12.2. The van der Waals surface area contributed by atoms with Crippen molar-refractivity contribution in [3.8, 4) is 0 Å². The summed E-state index contributed by atoms with van der Waals surface area (Å²) in [5.74, 6) is -0.379. The molecule has 0 N–H and O–H groups in total. The summed E-state index contributed by atoms with van der Waals surface area (Å²) in [5.41, 5.74) is 1.01. The first-order valence-corrected chi connectivity index (χ1v) is 6.96. The summed E-state index contributed by atoms with van der Waals surface area (Å²) in [6.45, 7) is 4.98. The van der Waals surface area contributed by atoms with Crippen LogP contribution in [-0.2, 0) is 14.3 Å². The van der Waals surface area contributed by atoms with Gasteiger partial charge < -0.3 is 9.64 Å². The molecule has 4 nitrogen and oxygen atoms in total. The van der Waals surface area contributed by atoms with Gasteiger partial charge in [0.1, 0.15) is 0 Å². The third-order valence-electron chi connectivity index (χ3n) is 4.10. The molecule has 4 heteroatoms. The maximum atomic E-state index is 12.5. The van der Waals surface area contributed by atoms with E-state index in [0.717, 1.165) is 5.56 Å². The largest absolute Gasteiger partial charge is 0.469 e. The molecule has 0 bridgehead atoms. The lowest BCUT2D eigenvalue weighted by atomic mass is 9.99. The summed E-state index contributed by atoms with van der Waals surface area (Å²) in [4.78, 5) is 26.0. The fourth-order valence-electron chi connectivity index (χ4n) is 2.76. The van der Waals surface area contributed by atoms with Crippen molar-refractivity contribution >= 4 is 11.9 Å². The molecule has 0 saturated carbocycles. The molecule has 2 rings (SSSR count). The highest BCUT2D eigenvalue weighted by molar-refractivity contribution is 5.85. The molecule has 1 aromatic carbocycles.